The first-order valence-corrected chi connectivity index (χ1v) is 5.98. The topological polar surface area (TPSA) is 55.1 Å². The molecule has 1 aromatic rings. The van der Waals surface area contributed by atoms with Crippen LogP contribution in [0.15, 0.2) is 15.9 Å². The SMILES string of the molecule is CC(CN)CNC(=O)c1ccc(Br)s1.Cl. The van der Waals surface area contributed by atoms with E-state index in [1.54, 1.807) is 6.07 Å². The van der Waals surface area contributed by atoms with Crippen LogP contribution in [-0.4, -0.2) is 19.0 Å². The van der Waals surface area contributed by atoms with E-state index in [-0.39, 0.29) is 18.3 Å². The number of carbonyl (C=O) groups excluding carboxylic acids is 1. The Morgan fingerprint density at radius 3 is 2.80 bits per heavy atom. The van der Waals surface area contributed by atoms with E-state index in [9.17, 15) is 4.79 Å². The zero-order valence-corrected chi connectivity index (χ0v) is 11.5. The van der Waals surface area contributed by atoms with Gasteiger partial charge in [-0.25, -0.2) is 0 Å². The first-order chi connectivity index (χ1) is 6.63. The van der Waals surface area contributed by atoms with Crippen molar-refractivity contribution >= 4 is 45.6 Å². The van der Waals surface area contributed by atoms with Crippen molar-refractivity contribution < 1.29 is 4.79 Å². The van der Waals surface area contributed by atoms with Crippen LogP contribution in [-0.2, 0) is 0 Å². The van der Waals surface area contributed by atoms with Crippen LogP contribution in [0.25, 0.3) is 0 Å². The van der Waals surface area contributed by atoms with Crippen LogP contribution >= 0.6 is 39.7 Å². The number of carbonyl (C=O) groups is 1. The van der Waals surface area contributed by atoms with Gasteiger partial charge >= 0.3 is 0 Å². The lowest BCUT2D eigenvalue weighted by Gasteiger charge is -2.08. The molecule has 86 valence electrons. The largest absolute Gasteiger partial charge is 0.351 e. The maximum atomic E-state index is 11.5. The molecular weight excluding hydrogens is 300 g/mol. The number of amides is 1. The van der Waals surface area contributed by atoms with Gasteiger partial charge in [0.1, 0.15) is 0 Å². The van der Waals surface area contributed by atoms with Crippen LogP contribution in [0.1, 0.15) is 16.6 Å². The number of nitrogens with two attached hydrogens (primary N) is 1. The van der Waals surface area contributed by atoms with Gasteiger partial charge in [0.15, 0.2) is 0 Å². The molecule has 15 heavy (non-hydrogen) atoms. The van der Waals surface area contributed by atoms with E-state index < -0.39 is 0 Å². The minimum absolute atomic E-state index is 0. The average molecular weight is 314 g/mol. The van der Waals surface area contributed by atoms with E-state index in [0.717, 1.165) is 8.66 Å². The van der Waals surface area contributed by atoms with Crippen LogP contribution in [0.4, 0.5) is 0 Å². The van der Waals surface area contributed by atoms with Crippen molar-refractivity contribution in [3.05, 3.63) is 20.8 Å². The fourth-order valence-corrected chi connectivity index (χ4v) is 2.18. The number of thiophene rings is 1. The van der Waals surface area contributed by atoms with E-state index in [4.69, 9.17) is 5.73 Å². The molecule has 1 aromatic heterocycles. The maximum Gasteiger partial charge on any atom is 0.261 e. The summed E-state index contributed by atoms with van der Waals surface area (Å²) in [6.07, 6.45) is 0. The highest BCUT2D eigenvalue weighted by molar-refractivity contribution is 9.11. The van der Waals surface area contributed by atoms with E-state index in [0.29, 0.717) is 19.0 Å². The molecule has 0 aromatic carbocycles. The second kappa shape index (κ2) is 7.22. The Bertz CT molecular complexity index is 319. The lowest BCUT2D eigenvalue weighted by Crippen LogP contribution is -2.30. The minimum atomic E-state index is -0.0269. The summed E-state index contributed by atoms with van der Waals surface area (Å²) in [6.45, 7) is 3.23. The third kappa shape index (κ3) is 4.97. The van der Waals surface area contributed by atoms with E-state index in [1.165, 1.54) is 11.3 Å². The van der Waals surface area contributed by atoms with Gasteiger partial charge in [-0.1, -0.05) is 6.92 Å². The highest BCUT2D eigenvalue weighted by Gasteiger charge is 2.08. The second-order valence-corrected chi connectivity index (χ2v) is 5.62. The summed E-state index contributed by atoms with van der Waals surface area (Å²) in [6, 6.07) is 3.67. The van der Waals surface area contributed by atoms with Gasteiger partial charge in [-0.05, 0) is 40.5 Å². The van der Waals surface area contributed by atoms with E-state index in [1.807, 2.05) is 13.0 Å². The molecule has 0 saturated carbocycles. The molecule has 6 heteroatoms. The van der Waals surface area contributed by atoms with Crippen LogP contribution < -0.4 is 11.1 Å². The highest BCUT2D eigenvalue weighted by Crippen LogP contribution is 2.21. The van der Waals surface area contributed by atoms with E-state index in [2.05, 4.69) is 21.2 Å². The van der Waals surface area contributed by atoms with Crippen LogP contribution in [0.3, 0.4) is 0 Å². The summed E-state index contributed by atoms with van der Waals surface area (Å²) in [5, 5.41) is 2.83. The summed E-state index contributed by atoms with van der Waals surface area (Å²) in [4.78, 5) is 12.2. The lowest BCUT2D eigenvalue weighted by molar-refractivity contribution is 0.0952. The molecule has 0 radical (unpaired) electrons. The predicted octanol–water partition coefficient (Wildman–Crippen LogP) is 2.26. The van der Waals surface area contributed by atoms with Crippen molar-refractivity contribution in [1.82, 2.24) is 5.32 Å². The molecule has 3 nitrogen and oxygen atoms in total. The predicted molar refractivity (Wildman–Crippen MR) is 69.8 cm³/mol. The van der Waals surface area contributed by atoms with Gasteiger partial charge in [-0.3, -0.25) is 4.79 Å². The third-order valence-electron chi connectivity index (χ3n) is 1.81. The minimum Gasteiger partial charge on any atom is -0.351 e. The standard InChI is InChI=1S/C9H13BrN2OS.ClH/c1-6(4-11)5-12-9(13)7-2-3-8(10)14-7;/h2-3,6H,4-5,11H2,1H3,(H,12,13);1H. The molecule has 0 spiro atoms. The highest BCUT2D eigenvalue weighted by atomic mass is 79.9. The summed E-state index contributed by atoms with van der Waals surface area (Å²) in [7, 11) is 0. The number of hydrogen-bond acceptors (Lipinski definition) is 3. The van der Waals surface area contributed by atoms with Gasteiger partial charge < -0.3 is 11.1 Å². The second-order valence-electron chi connectivity index (χ2n) is 3.15. The molecule has 1 atom stereocenters. The van der Waals surface area contributed by atoms with E-state index >= 15 is 0 Å². The Morgan fingerprint density at radius 1 is 1.67 bits per heavy atom. The fraction of sp³-hybridized carbons (Fsp3) is 0.444. The van der Waals surface area contributed by atoms with Crippen molar-refractivity contribution in [1.29, 1.82) is 0 Å². The first kappa shape index (κ1) is 14.9. The number of hydrogen-bond donors (Lipinski definition) is 2. The molecule has 1 heterocycles. The molecule has 3 N–H and O–H groups in total. The van der Waals surface area contributed by atoms with Gasteiger partial charge in [-0.2, -0.15) is 0 Å². The van der Waals surface area contributed by atoms with Crippen LogP contribution in [0.2, 0.25) is 0 Å². The quantitative estimate of drug-likeness (QED) is 0.896. The smallest absolute Gasteiger partial charge is 0.261 e. The fourth-order valence-electron chi connectivity index (χ4n) is 0.874. The number of nitrogens with one attached hydrogen (secondary N) is 1. The van der Waals surface area contributed by atoms with Crippen molar-refractivity contribution in [2.75, 3.05) is 13.1 Å². The third-order valence-corrected chi connectivity index (χ3v) is 3.43. The molecule has 1 rings (SSSR count). The summed E-state index contributed by atoms with van der Waals surface area (Å²) in [5.74, 6) is 0.295. The monoisotopic (exact) mass is 312 g/mol. The molecule has 0 saturated heterocycles. The van der Waals surface area contributed by atoms with Crippen molar-refractivity contribution in [3.8, 4) is 0 Å². The van der Waals surface area contributed by atoms with Crippen LogP contribution in [0, 0.1) is 5.92 Å². The van der Waals surface area contributed by atoms with Crippen molar-refractivity contribution in [3.63, 3.8) is 0 Å². The Balaban J connectivity index is 0.00000196. The molecule has 0 aliphatic carbocycles. The molecule has 0 bridgehead atoms. The number of rotatable bonds is 4. The molecule has 0 aliphatic heterocycles. The maximum absolute atomic E-state index is 11.5. The summed E-state index contributed by atoms with van der Waals surface area (Å²) >= 11 is 4.74. The van der Waals surface area contributed by atoms with Gasteiger partial charge in [-0.15, -0.1) is 23.7 Å². The normalized spacial score (nSPS) is 11.7. The molecule has 0 aliphatic rings. The molecule has 0 fully saturated rings. The summed E-state index contributed by atoms with van der Waals surface area (Å²) in [5.41, 5.74) is 5.44. The molecule has 1 unspecified atom stereocenters. The van der Waals surface area contributed by atoms with Gasteiger partial charge in [0, 0.05) is 6.54 Å². The zero-order valence-electron chi connectivity index (χ0n) is 8.33. The number of halogens is 2. The Hall–Kier alpha value is -0.100. The molecule has 1 amide bonds. The Morgan fingerprint density at radius 2 is 2.33 bits per heavy atom. The Labute approximate surface area is 108 Å². The van der Waals surface area contributed by atoms with Crippen molar-refractivity contribution in [2.45, 2.75) is 6.92 Å². The average Bonchev–Trinajstić information content (AvgIpc) is 2.60. The van der Waals surface area contributed by atoms with Gasteiger partial charge in [0.05, 0.1) is 8.66 Å². The zero-order chi connectivity index (χ0) is 10.6. The van der Waals surface area contributed by atoms with Crippen LogP contribution in [0.5, 0.6) is 0 Å². The lowest BCUT2D eigenvalue weighted by atomic mass is 10.2. The first-order valence-electron chi connectivity index (χ1n) is 4.37. The summed E-state index contributed by atoms with van der Waals surface area (Å²) < 4.78 is 0.967. The Kier molecular flexibility index (Phi) is 7.17. The van der Waals surface area contributed by atoms with Gasteiger partial charge in [0.25, 0.3) is 5.91 Å². The van der Waals surface area contributed by atoms with Crippen molar-refractivity contribution in [2.24, 2.45) is 11.7 Å². The van der Waals surface area contributed by atoms with Gasteiger partial charge in [0.2, 0.25) is 0 Å². The molecular formula is C9H14BrClN2OS.